The van der Waals surface area contributed by atoms with Gasteiger partial charge in [-0.15, -0.1) is 11.3 Å². The number of hydrogen-bond donors (Lipinski definition) is 0. The van der Waals surface area contributed by atoms with E-state index in [1.807, 2.05) is 29.5 Å². The summed E-state index contributed by atoms with van der Waals surface area (Å²) in [4.78, 5) is 32.4. The predicted molar refractivity (Wildman–Crippen MR) is 619 cm³/mol. The molecule has 11 heteroatoms. The first-order chi connectivity index (χ1) is 73.0. The molecule has 0 atom stereocenters. The lowest BCUT2D eigenvalue weighted by Gasteiger charge is -2.26. The molecule has 0 amide bonds. The molecule has 27 aromatic rings. The Morgan fingerprint density at radius 3 is 0.846 bits per heavy atom. The van der Waals surface area contributed by atoms with E-state index in [1.54, 1.807) is 0 Å². The lowest BCUT2D eigenvalue weighted by Crippen LogP contribution is -2.18. The van der Waals surface area contributed by atoms with Crippen LogP contribution in [0.3, 0.4) is 0 Å². The number of fused-ring (bicyclic) bond motifs is 30. The molecule has 8 heterocycles. The predicted octanol–water partition coefficient (Wildman–Crippen LogP) is 35.4. The Kier molecular flexibility index (Phi) is 19.5. The third kappa shape index (κ3) is 12.9. The van der Waals surface area contributed by atoms with Crippen LogP contribution in [0.4, 0.5) is 0 Å². The monoisotopic (exact) mass is 1930 g/mol. The number of rotatable bonds is 10. The highest BCUT2D eigenvalue weighted by Crippen LogP contribution is 2.60. The third-order valence-electron chi connectivity index (χ3n) is 32.5. The van der Waals surface area contributed by atoms with E-state index in [0.29, 0.717) is 0 Å². The van der Waals surface area contributed by atoms with E-state index < -0.39 is 0 Å². The molecule has 0 N–H and O–H groups in total. The Morgan fingerprint density at radius 1 is 0.181 bits per heavy atom. The molecule has 31 rings (SSSR count). The van der Waals surface area contributed by atoms with Gasteiger partial charge in [0.2, 0.25) is 0 Å². The van der Waals surface area contributed by atoms with Crippen molar-refractivity contribution < 1.29 is 0 Å². The molecule has 10 nitrogen and oxygen atoms in total. The zero-order valence-corrected chi connectivity index (χ0v) is 84.4. The summed E-state index contributed by atoms with van der Waals surface area (Å²) in [5.74, 6) is 2.22. The molecular weight excluding hydrogens is 1830 g/mol. The van der Waals surface area contributed by atoms with Crippen LogP contribution in [0.15, 0.2) is 449 Å². The minimum atomic E-state index is -0.308. The molecule has 0 saturated heterocycles. The molecule has 0 unspecified atom stereocenters. The second kappa shape index (κ2) is 33.2. The molecule has 0 saturated carbocycles. The highest BCUT2D eigenvalue weighted by Gasteiger charge is 2.46. The number of hydrogen-bond acceptors (Lipinski definition) is 7. The zero-order chi connectivity index (χ0) is 99.6. The van der Waals surface area contributed by atoms with Crippen LogP contribution in [0, 0.1) is 0 Å². The molecule has 8 aromatic heterocycles. The van der Waals surface area contributed by atoms with Gasteiger partial charge >= 0.3 is 0 Å². The van der Waals surface area contributed by atoms with Crippen LogP contribution in [-0.2, 0) is 21.7 Å². The van der Waals surface area contributed by atoms with Crippen molar-refractivity contribution in [3.05, 3.63) is 493 Å². The van der Waals surface area contributed by atoms with Gasteiger partial charge in [0.25, 0.3) is 0 Å². The highest BCUT2D eigenvalue weighted by atomic mass is 32.1. The number of aromatic nitrogens is 10. The van der Waals surface area contributed by atoms with Crippen LogP contribution in [0.1, 0.15) is 99.9 Å². The molecule has 4 aliphatic carbocycles. The van der Waals surface area contributed by atoms with Gasteiger partial charge in [0, 0.05) is 153 Å². The van der Waals surface area contributed by atoms with Gasteiger partial charge in [0.1, 0.15) is 0 Å². The van der Waals surface area contributed by atoms with Crippen LogP contribution in [0.5, 0.6) is 0 Å². The summed E-state index contributed by atoms with van der Waals surface area (Å²) in [6, 6.07) is 161. The molecule has 0 spiro atoms. The normalized spacial score (nSPS) is 13.9. The highest BCUT2D eigenvalue weighted by molar-refractivity contribution is 7.26. The van der Waals surface area contributed by atoms with Gasteiger partial charge < -0.3 is 18.3 Å². The van der Waals surface area contributed by atoms with Crippen molar-refractivity contribution in [2.24, 2.45) is 0 Å². The van der Waals surface area contributed by atoms with Crippen LogP contribution < -0.4 is 0 Å². The lowest BCUT2D eigenvalue weighted by molar-refractivity contribution is 0.657. The van der Waals surface area contributed by atoms with Gasteiger partial charge in [-0.2, -0.15) is 0 Å². The largest absolute Gasteiger partial charge is 0.308 e. The van der Waals surface area contributed by atoms with Gasteiger partial charge in [-0.25, -0.2) is 29.9 Å². The lowest BCUT2D eigenvalue weighted by atomic mass is 9.80. The van der Waals surface area contributed by atoms with Crippen molar-refractivity contribution in [1.29, 1.82) is 0 Å². The van der Waals surface area contributed by atoms with E-state index in [4.69, 9.17) is 29.9 Å². The van der Waals surface area contributed by atoms with Gasteiger partial charge in [-0.3, -0.25) is 0 Å². The average molecular weight is 1930 g/mol. The Bertz CT molecular complexity index is 10300. The average Bonchev–Trinajstić information content (AvgIpc) is 1.54. The summed E-state index contributed by atoms with van der Waals surface area (Å²) >= 11 is 1.88. The molecule has 4 aliphatic rings. The number of benzene rings is 19. The maximum Gasteiger partial charge on any atom is 0.160 e. The quantitative estimate of drug-likeness (QED) is 0.135. The Balaban J connectivity index is 0.000000105. The van der Waals surface area contributed by atoms with Crippen molar-refractivity contribution in [3.63, 3.8) is 0 Å². The fraction of sp³-hybridized carbons (Fsp3) is 0.0870. The second-order valence-corrected chi connectivity index (χ2v) is 43.2. The summed E-state index contributed by atoms with van der Waals surface area (Å²) < 4.78 is 12.6. The molecule has 0 aliphatic heterocycles. The van der Waals surface area contributed by atoms with E-state index in [2.05, 4.69) is 504 Å². The topological polar surface area (TPSA) is 97.1 Å². The van der Waals surface area contributed by atoms with E-state index in [9.17, 15) is 0 Å². The Morgan fingerprint density at radius 2 is 0.443 bits per heavy atom. The first-order valence-corrected chi connectivity index (χ1v) is 52.4. The summed E-state index contributed by atoms with van der Waals surface area (Å²) in [7, 11) is 0. The smallest absolute Gasteiger partial charge is 0.160 e. The second-order valence-electron chi connectivity index (χ2n) is 42.1. The van der Waals surface area contributed by atoms with Crippen LogP contribution in [-0.4, -0.2) is 48.2 Å². The number of nitrogens with zero attached hydrogens (tertiary/aromatic N) is 10. The van der Waals surface area contributed by atoms with Crippen molar-refractivity contribution in [3.8, 4) is 136 Å². The van der Waals surface area contributed by atoms with Gasteiger partial charge in [0.05, 0.1) is 100 Å². The Hall–Kier alpha value is -18.2. The van der Waals surface area contributed by atoms with E-state index >= 15 is 0 Å². The Labute approximate surface area is 866 Å². The summed E-state index contributed by atoms with van der Waals surface area (Å²) in [6.07, 6.45) is 0. The fourth-order valence-corrected chi connectivity index (χ4v) is 27.1. The molecular formula is C138H98N10S. The molecule has 149 heavy (non-hydrogen) atoms. The maximum atomic E-state index is 5.53. The van der Waals surface area contributed by atoms with Gasteiger partial charge in [-0.05, 0) is 99.6 Å². The molecule has 0 fully saturated rings. The van der Waals surface area contributed by atoms with E-state index in [0.717, 1.165) is 119 Å². The summed E-state index contributed by atoms with van der Waals surface area (Å²) in [6.45, 7) is 18.7. The van der Waals surface area contributed by atoms with Crippen LogP contribution in [0.2, 0.25) is 0 Å². The van der Waals surface area contributed by atoms with E-state index in [-0.39, 0.29) is 21.7 Å². The van der Waals surface area contributed by atoms with Crippen molar-refractivity contribution >= 4 is 119 Å². The summed E-state index contributed by atoms with van der Waals surface area (Å²) in [5.41, 5.74) is 41.7. The number of para-hydroxylation sites is 8. The van der Waals surface area contributed by atoms with Crippen molar-refractivity contribution in [1.82, 2.24) is 48.2 Å². The van der Waals surface area contributed by atoms with Gasteiger partial charge in [0.15, 0.2) is 17.5 Å². The van der Waals surface area contributed by atoms with Crippen LogP contribution in [0.25, 0.3) is 243 Å². The molecule has 0 radical (unpaired) electrons. The van der Waals surface area contributed by atoms with E-state index in [1.165, 1.54) is 169 Å². The molecule has 706 valence electrons. The van der Waals surface area contributed by atoms with Crippen LogP contribution >= 0.6 is 11.3 Å². The standard InChI is InChI=1S/C49H34N4.C46H35N3.C43H29N3S/c1-49(2)39-25-13-9-23-37(39)44-43(49)45(51-48(50-44)31-17-5-3-6-18-31)38-24-12-16-28-42(38)53-41-27-15-11-22-34(41)36-30-29-35-33-21-10-14-26-40(33)52(46(35)47(36)53)32-19-7-4-8-20-32;1-45(2)35-22-12-8-18-29(35)31-26-27-32-30-19-10-14-24-37(30)49(43(32)39(31)45)38-25-15-11-21-34(38)42-40-41(33-20-9-13-23-36(33)46(40,3)4)47-44(48-42)28-16-6-5-7-17-28;1-43(2)33-20-10-6-18-31(33)38-37(43)39(45-42(44-38)26-14-4-3-5-15-26)32-19-8-12-22-35(32)46-34-21-11-7-16-27(34)29-24-25-30-28-17-9-13-23-36(28)47-41(30)40(29)46/h3-30H,1-2H3;5-27H,1-4H3;3-25H,1-2H3. The third-order valence-corrected chi connectivity index (χ3v) is 33.7. The van der Waals surface area contributed by atoms with Gasteiger partial charge in [-0.1, -0.05) is 444 Å². The molecule has 19 aromatic carbocycles. The SMILES string of the molecule is CC1(C)c2ccccc2-c2nc(-c3ccccc3)nc(-c3ccccc3-n3c4ccccc4c4ccc5c(c43)C(C)(C)c3ccccc3-5)c21.CC1(C)c2ccccc2-c2nc(-c3ccccc3)nc(-c3ccccc3-n3c4ccccc4c4ccc5c6ccccc6n(-c6ccccc6)c5c43)c21.CC1(C)c2ccccc2-c2nc(-c3ccccc3)nc(-c3ccccc3-n3c4ccccc4c4ccc5c6ccccc6sc5c43)c21. The maximum absolute atomic E-state index is 5.53. The first kappa shape index (κ1) is 87.4. The van der Waals surface area contributed by atoms with Crippen molar-refractivity contribution in [2.75, 3.05) is 0 Å². The van der Waals surface area contributed by atoms with Crippen molar-refractivity contribution in [2.45, 2.75) is 77.0 Å². The minimum Gasteiger partial charge on any atom is -0.308 e. The number of thiophene rings is 1. The molecule has 0 bridgehead atoms. The zero-order valence-electron chi connectivity index (χ0n) is 83.6. The summed E-state index contributed by atoms with van der Waals surface area (Å²) in [5, 5.41) is 12.5. The first-order valence-electron chi connectivity index (χ1n) is 51.6. The fourth-order valence-electron chi connectivity index (χ4n) is 25.8. The minimum absolute atomic E-state index is 0.174.